The zero-order valence-corrected chi connectivity index (χ0v) is 10.4. The van der Waals surface area contributed by atoms with E-state index in [9.17, 15) is 14.4 Å². The molecule has 6 nitrogen and oxygen atoms in total. The fourth-order valence-electron chi connectivity index (χ4n) is 1.71. The summed E-state index contributed by atoms with van der Waals surface area (Å²) in [4.78, 5) is 34.9. The van der Waals surface area contributed by atoms with Crippen molar-refractivity contribution in [2.75, 3.05) is 4.90 Å². The normalized spacial score (nSPS) is 11.6. The minimum absolute atomic E-state index is 0.0955. The van der Waals surface area contributed by atoms with Crippen LogP contribution in [0.15, 0.2) is 30.3 Å². The van der Waals surface area contributed by atoms with E-state index in [1.54, 1.807) is 37.3 Å². The van der Waals surface area contributed by atoms with Crippen LogP contribution in [-0.2, 0) is 14.4 Å². The van der Waals surface area contributed by atoms with Gasteiger partial charge in [0.1, 0.15) is 6.04 Å². The zero-order valence-electron chi connectivity index (χ0n) is 10.4. The van der Waals surface area contributed by atoms with Crippen LogP contribution in [0.2, 0.25) is 0 Å². The lowest BCUT2D eigenvalue weighted by atomic mass is 10.1. The Morgan fingerprint density at radius 1 is 1.16 bits per heavy atom. The molecule has 0 aliphatic carbocycles. The molecule has 19 heavy (non-hydrogen) atoms. The second kappa shape index (κ2) is 6.53. The average molecular weight is 265 g/mol. The van der Waals surface area contributed by atoms with Crippen molar-refractivity contribution < 1.29 is 24.6 Å². The maximum absolute atomic E-state index is 11.9. The highest BCUT2D eigenvalue weighted by atomic mass is 16.4. The molecule has 0 aliphatic rings. The van der Waals surface area contributed by atoms with Crippen molar-refractivity contribution in [3.8, 4) is 0 Å². The summed E-state index contributed by atoms with van der Waals surface area (Å²) in [7, 11) is 0. The van der Waals surface area contributed by atoms with Crippen LogP contribution in [0.25, 0.3) is 0 Å². The van der Waals surface area contributed by atoms with Gasteiger partial charge in [0.2, 0.25) is 5.91 Å². The summed E-state index contributed by atoms with van der Waals surface area (Å²) < 4.78 is 0. The molecule has 102 valence electrons. The first-order valence-corrected chi connectivity index (χ1v) is 5.79. The summed E-state index contributed by atoms with van der Waals surface area (Å²) in [5.41, 5.74) is 0.378. The number of carboxylic acid groups (broad SMARTS) is 2. The number of carbonyl (C=O) groups is 3. The van der Waals surface area contributed by atoms with Crippen LogP contribution >= 0.6 is 0 Å². The number of anilines is 1. The van der Waals surface area contributed by atoms with Crippen molar-refractivity contribution in [2.24, 2.45) is 0 Å². The summed E-state index contributed by atoms with van der Waals surface area (Å²) in [6, 6.07) is 6.78. The van der Waals surface area contributed by atoms with Crippen LogP contribution in [-0.4, -0.2) is 34.1 Å². The zero-order chi connectivity index (χ0) is 14.4. The summed E-state index contributed by atoms with van der Waals surface area (Å²) >= 11 is 0. The molecule has 0 unspecified atom stereocenters. The summed E-state index contributed by atoms with van der Waals surface area (Å²) in [6.45, 7) is 1.60. The van der Waals surface area contributed by atoms with Gasteiger partial charge in [0.05, 0.1) is 6.42 Å². The van der Waals surface area contributed by atoms with Gasteiger partial charge in [-0.1, -0.05) is 25.1 Å². The molecule has 1 amide bonds. The number of aliphatic carboxylic acids is 2. The van der Waals surface area contributed by atoms with Crippen molar-refractivity contribution in [3.63, 3.8) is 0 Å². The van der Waals surface area contributed by atoms with E-state index in [4.69, 9.17) is 10.2 Å². The number of rotatable bonds is 6. The van der Waals surface area contributed by atoms with Gasteiger partial charge in [0.15, 0.2) is 0 Å². The van der Waals surface area contributed by atoms with E-state index in [1.807, 2.05) is 0 Å². The average Bonchev–Trinajstić information content (AvgIpc) is 2.38. The van der Waals surface area contributed by atoms with Crippen LogP contribution in [0.5, 0.6) is 0 Å². The number of carboxylic acids is 2. The highest BCUT2D eigenvalue weighted by molar-refractivity contribution is 6.00. The molecule has 1 rings (SSSR count). The molecule has 0 saturated carbocycles. The second-order valence-electron chi connectivity index (χ2n) is 3.90. The SMILES string of the molecule is CCC(=O)N(c1ccccc1)[C@@H](CC(=O)O)C(=O)O. The fourth-order valence-corrected chi connectivity index (χ4v) is 1.71. The van der Waals surface area contributed by atoms with E-state index in [0.717, 1.165) is 4.90 Å². The quantitative estimate of drug-likeness (QED) is 0.809. The smallest absolute Gasteiger partial charge is 0.327 e. The Balaban J connectivity index is 3.18. The maximum atomic E-state index is 11.9. The van der Waals surface area contributed by atoms with Gasteiger partial charge < -0.3 is 10.2 Å². The van der Waals surface area contributed by atoms with Crippen LogP contribution in [0, 0.1) is 0 Å². The summed E-state index contributed by atoms with van der Waals surface area (Å²) in [5.74, 6) is -3.04. The van der Waals surface area contributed by atoms with Crippen molar-refractivity contribution >= 4 is 23.5 Å². The second-order valence-corrected chi connectivity index (χ2v) is 3.90. The Morgan fingerprint density at radius 2 is 1.74 bits per heavy atom. The molecule has 1 aromatic rings. The molecular formula is C13H15NO5. The fraction of sp³-hybridized carbons (Fsp3) is 0.308. The van der Waals surface area contributed by atoms with Crippen molar-refractivity contribution in [3.05, 3.63) is 30.3 Å². The Morgan fingerprint density at radius 3 is 2.16 bits per heavy atom. The number of amides is 1. The molecule has 1 atom stereocenters. The minimum Gasteiger partial charge on any atom is -0.481 e. The van der Waals surface area contributed by atoms with E-state index >= 15 is 0 Å². The Kier molecular flexibility index (Phi) is 5.05. The van der Waals surface area contributed by atoms with Crippen molar-refractivity contribution in [2.45, 2.75) is 25.8 Å². The molecule has 0 aliphatic heterocycles. The molecular weight excluding hydrogens is 250 g/mol. The number of hydrogen-bond acceptors (Lipinski definition) is 3. The van der Waals surface area contributed by atoms with Gasteiger partial charge in [-0.15, -0.1) is 0 Å². The first-order chi connectivity index (χ1) is 8.97. The third kappa shape index (κ3) is 3.80. The number of nitrogens with zero attached hydrogens (tertiary/aromatic N) is 1. The molecule has 0 radical (unpaired) electrons. The Hall–Kier alpha value is -2.37. The first-order valence-electron chi connectivity index (χ1n) is 5.79. The highest BCUT2D eigenvalue weighted by Crippen LogP contribution is 2.20. The molecule has 0 bridgehead atoms. The standard InChI is InChI=1S/C13H15NO5/c1-2-11(15)14(9-6-4-3-5-7-9)10(13(18)19)8-12(16)17/h3-7,10H,2,8H2,1H3,(H,16,17)(H,18,19)/t10-/m0/s1. The van der Waals surface area contributed by atoms with Gasteiger partial charge >= 0.3 is 11.9 Å². The molecule has 1 aromatic carbocycles. The van der Waals surface area contributed by atoms with E-state index in [0.29, 0.717) is 5.69 Å². The Labute approximate surface area is 110 Å². The minimum atomic E-state index is -1.41. The molecule has 0 fully saturated rings. The molecule has 0 spiro atoms. The lowest BCUT2D eigenvalue weighted by Crippen LogP contribution is -2.46. The van der Waals surface area contributed by atoms with E-state index < -0.39 is 30.3 Å². The largest absolute Gasteiger partial charge is 0.481 e. The molecule has 2 N–H and O–H groups in total. The number of para-hydroxylation sites is 1. The van der Waals surface area contributed by atoms with Crippen LogP contribution in [0.3, 0.4) is 0 Å². The highest BCUT2D eigenvalue weighted by Gasteiger charge is 2.32. The van der Waals surface area contributed by atoms with Crippen LogP contribution in [0.4, 0.5) is 5.69 Å². The van der Waals surface area contributed by atoms with Gasteiger partial charge in [-0.2, -0.15) is 0 Å². The van der Waals surface area contributed by atoms with Crippen molar-refractivity contribution in [1.82, 2.24) is 0 Å². The topological polar surface area (TPSA) is 94.9 Å². The lowest BCUT2D eigenvalue weighted by Gasteiger charge is -2.27. The predicted octanol–water partition coefficient (Wildman–Crippen LogP) is 1.36. The first kappa shape index (κ1) is 14.7. The van der Waals surface area contributed by atoms with Gasteiger partial charge in [-0.05, 0) is 12.1 Å². The third-order valence-corrected chi connectivity index (χ3v) is 2.57. The maximum Gasteiger partial charge on any atom is 0.327 e. The predicted molar refractivity (Wildman–Crippen MR) is 67.9 cm³/mol. The van der Waals surface area contributed by atoms with Gasteiger partial charge in [0, 0.05) is 12.1 Å². The molecule has 6 heteroatoms. The van der Waals surface area contributed by atoms with E-state index in [2.05, 4.69) is 0 Å². The van der Waals surface area contributed by atoms with E-state index in [1.165, 1.54) is 0 Å². The van der Waals surface area contributed by atoms with Gasteiger partial charge in [0.25, 0.3) is 0 Å². The van der Waals surface area contributed by atoms with Gasteiger partial charge in [-0.3, -0.25) is 14.5 Å². The molecule has 0 saturated heterocycles. The van der Waals surface area contributed by atoms with E-state index in [-0.39, 0.29) is 6.42 Å². The number of carbonyl (C=O) groups excluding carboxylic acids is 1. The number of benzene rings is 1. The molecule has 0 aromatic heterocycles. The van der Waals surface area contributed by atoms with Gasteiger partial charge in [-0.25, -0.2) is 4.79 Å². The van der Waals surface area contributed by atoms with Crippen LogP contribution < -0.4 is 4.90 Å². The van der Waals surface area contributed by atoms with Crippen LogP contribution in [0.1, 0.15) is 19.8 Å². The van der Waals surface area contributed by atoms with Crippen molar-refractivity contribution in [1.29, 1.82) is 0 Å². The summed E-state index contributed by atoms with van der Waals surface area (Å²) in [5, 5.41) is 17.9. The number of hydrogen-bond donors (Lipinski definition) is 2. The lowest BCUT2D eigenvalue weighted by molar-refractivity contribution is -0.145. The third-order valence-electron chi connectivity index (χ3n) is 2.57. The monoisotopic (exact) mass is 265 g/mol. The molecule has 0 heterocycles. The summed E-state index contributed by atoms with van der Waals surface area (Å²) in [6.07, 6.45) is -0.547. The Bertz CT molecular complexity index is 471.